The van der Waals surface area contributed by atoms with E-state index in [1.807, 2.05) is 26.0 Å². The molecular formula is C15H21ClN2OS. The zero-order valence-corrected chi connectivity index (χ0v) is 13.6. The van der Waals surface area contributed by atoms with E-state index in [1.54, 1.807) is 0 Å². The van der Waals surface area contributed by atoms with Gasteiger partial charge in [-0.2, -0.15) is 5.26 Å². The van der Waals surface area contributed by atoms with E-state index in [4.69, 9.17) is 11.6 Å². The van der Waals surface area contributed by atoms with E-state index >= 15 is 0 Å². The predicted octanol–water partition coefficient (Wildman–Crippen LogP) is 4.17. The molecular weight excluding hydrogens is 292 g/mol. The first-order chi connectivity index (χ1) is 9.57. The van der Waals surface area contributed by atoms with Crippen molar-refractivity contribution in [3.05, 3.63) is 21.3 Å². The van der Waals surface area contributed by atoms with E-state index < -0.39 is 5.41 Å². The molecule has 110 valence electrons. The Hall–Kier alpha value is -1.05. The molecule has 0 atom stereocenters. The second kappa shape index (κ2) is 8.28. The molecule has 0 aliphatic rings. The molecule has 1 heterocycles. The standard InChI is InChI=1S/C15H21ClN2OS/c1-3-8-15(11-17,9-4-2)14(19)18-10-7-12-5-6-13(16)20-12/h5-6H,3-4,7-10H2,1-2H3,(H,18,19). The molecule has 3 nitrogen and oxygen atoms in total. The molecule has 0 aromatic carbocycles. The van der Waals surface area contributed by atoms with E-state index in [0.29, 0.717) is 19.4 Å². The molecule has 1 amide bonds. The van der Waals surface area contributed by atoms with Crippen molar-refractivity contribution in [1.29, 1.82) is 5.26 Å². The van der Waals surface area contributed by atoms with Gasteiger partial charge in [-0.05, 0) is 31.4 Å². The summed E-state index contributed by atoms with van der Waals surface area (Å²) in [6.45, 7) is 4.55. The van der Waals surface area contributed by atoms with Crippen LogP contribution in [0.5, 0.6) is 0 Å². The second-order valence-electron chi connectivity index (χ2n) is 4.91. The monoisotopic (exact) mass is 312 g/mol. The molecule has 0 saturated carbocycles. The van der Waals surface area contributed by atoms with Gasteiger partial charge >= 0.3 is 0 Å². The lowest BCUT2D eigenvalue weighted by Gasteiger charge is -2.24. The highest BCUT2D eigenvalue weighted by Gasteiger charge is 2.36. The number of nitrogens with zero attached hydrogens (tertiary/aromatic N) is 1. The van der Waals surface area contributed by atoms with E-state index in [2.05, 4.69) is 11.4 Å². The van der Waals surface area contributed by atoms with Crippen LogP contribution >= 0.6 is 22.9 Å². The summed E-state index contributed by atoms with van der Waals surface area (Å²) in [5.41, 5.74) is -0.864. The quantitative estimate of drug-likeness (QED) is 0.783. The topological polar surface area (TPSA) is 52.9 Å². The fraction of sp³-hybridized carbons (Fsp3) is 0.600. The largest absolute Gasteiger partial charge is 0.354 e. The van der Waals surface area contributed by atoms with Crippen LogP contribution in [0.2, 0.25) is 4.34 Å². The van der Waals surface area contributed by atoms with Gasteiger partial charge in [-0.15, -0.1) is 11.3 Å². The van der Waals surface area contributed by atoms with Gasteiger partial charge < -0.3 is 5.32 Å². The fourth-order valence-corrected chi connectivity index (χ4v) is 3.41. The Morgan fingerprint density at radius 2 is 2.05 bits per heavy atom. The van der Waals surface area contributed by atoms with Crippen LogP contribution in [0, 0.1) is 16.7 Å². The van der Waals surface area contributed by atoms with Gasteiger partial charge in [0.2, 0.25) is 5.91 Å². The van der Waals surface area contributed by atoms with Gasteiger partial charge in [0.15, 0.2) is 0 Å². The van der Waals surface area contributed by atoms with Crippen LogP contribution in [0.15, 0.2) is 12.1 Å². The lowest BCUT2D eigenvalue weighted by atomic mass is 9.80. The van der Waals surface area contributed by atoms with E-state index in [9.17, 15) is 10.1 Å². The number of thiophene rings is 1. The number of nitriles is 1. The van der Waals surface area contributed by atoms with Crippen LogP contribution in [-0.2, 0) is 11.2 Å². The summed E-state index contributed by atoms with van der Waals surface area (Å²) in [6, 6.07) is 6.06. The number of halogens is 1. The molecule has 0 bridgehead atoms. The minimum absolute atomic E-state index is 0.133. The number of hydrogen-bond donors (Lipinski definition) is 1. The average Bonchev–Trinajstić information content (AvgIpc) is 2.84. The normalized spacial score (nSPS) is 11.1. The zero-order chi connectivity index (χ0) is 15.0. The minimum Gasteiger partial charge on any atom is -0.354 e. The van der Waals surface area contributed by atoms with Gasteiger partial charge in [-0.1, -0.05) is 38.3 Å². The highest BCUT2D eigenvalue weighted by atomic mass is 35.5. The molecule has 20 heavy (non-hydrogen) atoms. The van der Waals surface area contributed by atoms with Gasteiger partial charge in [0, 0.05) is 11.4 Å². The molecule has 0 unspecified atom stereocenters. The maximum Gasteiger partial charge on any atom is 0.240 e. The summed E-state index contributed by atoms with van der Waals surface area (Å²) in [6.07, 6.45) is 3.66. The van der Waals surface area contributed by atoms with E-state index in [1.165, 1.54) is 11.3 Å². The Balaban J connectivity index is 2.56. The molecule has 0 fully saturated rings. The smallest absolute Gasteiger partial charge is 0.240 e. The van der Waals surface area contributed by atoms with Crippen LogP contribution in [-0.4, -0.2) is 12.5 Å². The number of amides is 1. The third-order valence-electron chi connectivity index (χ3n) is 3.29. The lowest BCUT2D eigenvalue weighted by molar-refractivity contribution is -0.128. The molecule has 0 aliphatic heterocycles. The third-order valence-corrected chi connectivity index (χ3v) is 4.58. The molecule has 0 radical (unpaired) electrons. The van der Waals surface area contributed by atoms with Crippen molar-refractivity contribution < 1.29 is 4.79 Å². The third kappa shape index (κ3) is 4.50. The molecule has 0 aliphatic carbocycles. The van der Waals surface area contributed by atoms with Crippen LogP contribution in [0.1, 0.15) is 44.4 Å². The number of carbonyl (C=O) groups is 1. The summed E-state index contributed by atoms with van der Waals surface area (Å²) < 4.78 is 0.759. The maximum absolute atomic E-state index is 12.3. The van der Waals surface area contributed by atoms with Gasteiger partial charge in [-0.3, -0.25) is 4.79 Å². The van der Waals surface area contributed by atoms with Gasteiger partial charge in [0.05, 0.1) is 10.4 Å². The maximum atomic E-state index is 12.3. The number of hydrogen-bond acceptors (Lipinski definition) is 3. The van der Waals surface area contributed by atoms with Crippen molar-refractivity contribution in [3.8, 4) is 6.07 Å². The SMILES string of the molecule is CCCC(C#N)(CCC)C(=O)NCCc1ccc(Cl)s1. The Labute approximate surface area is 129 Å². The fourth-order valence-electron chi connectivity index (χ4n) is 2.32. The van der Waals surface area contributed by atoms with Crippen LogP contribution in [0.25, 0.3) is 0 Å². The van der Waals surface area contributed by atoms with Gasteiger partial charge in [-0.25, -0.2) is 0 Å². The Kier molecular flexibility index (Phi) is 7.04. The van der Waals surface area contributed by atoms with Crippen LogP contribution in [0.3, 0.4) is 0 Å². The molecule has 0 saturated heterocycles. The first-order valence-electron chi connectivity index (χ1n) is 7.01. The van der Waals surface area contributed by atoms with E-state index in [0.717, 1.165) is 28.5 Å². The van der Waals surface area contributed by atoms with Crippen molar-refractivity contribution in [2.24, 2.45) is 5.41 Å². The number of carbonyl (C=O) groups excluding carboxylic acids is 1. The van der Waals surface area contributed by atoms with E-state index in [-0.39, 0.29) is 5.91 Å². The van der Waals surface area contributed by atoms with Crippen molar-refractivity contribution in [2.75, 3.05) is 6.54 Å². The molecule has 1 N–H and O–H groups in total. The van der Waals surface area contributed by atoms with Gasteiger partial charge in [0.1, 0.15) is 5.41 Å². The Morgan fingerprint density at radius 3 is 2.50 bits per heavy atom. The first kappa shape index (κ1) is 17.0. The van der Waals surface area contributed by atoms with Crippen LogP contribution < -0.4 is 5.32 Å². The molecule has 1 rings (SSSR count). The highest BCUT2D eigenvalue weighted by molar-refractivity contribution is 7.16. The predicted molar refractivity (Wildman–Crippen MR) is 83.9 cm³/mol. The van der Waals surface area contributed by atoms with Crippen molar-refractivity contribution >= 4 is 28.8 Å². The summed E-state index contributed by atoms with van der Waals surface area (Å²) in [5, 5.41) is 12.3. The molecule has 0 spiro atoms. The van der Waals surface area contributed by atoms with Crippen molar-refractivity contribution in [1.82, 2.24) is 5.32 Å². The average molecular weight is 313 g/mol. The molecule has 1 aromatic rings. The summed E-state index contributed by atoms with van der Waals surface area (Å²) in [7, 11) is 0. The second-order valence-corrected chi connectivity index (χ2v) is 6.71. The van der Waals surface area contributed by atoms with Crippen molar-refractivity contribution in [2.45, 2.75) is 46.0 Å². The summed E-state index contributed by atoms with van der Waals surface area (Å²) >= 11 is 7.39. The highest BCUT2D eigenvalue weighted by Crippen LogP contribution is 2.29. The van der Waals surface area contributed by atoms with Gasteiger partial charge in [0.25, 0.3) is 0 Å². The Bertz CT molecular complexity index is 472. The number of rotatable bonds is 8. The molecule has 5 heteroatoms. The first-order valence-corrected chi connectivity index (χ1v) is 8.21. The van der Waals surface area contributed by atoms with Crippen molar-refractivity contribution in [3.63, 3.8) is 0 Å². The Morgan fingerprint density at radius 1 is 1.40 bits per heavy atom. The summed E-state index contributed by atoms with van der Waals surface area (Å²) in [5.74, 6) is -0.133. The van der Waals surface area contributed by atoms with Crippen LogP contribution in [0.4, 0.5) is 0 Å². The summed E-state index contributed by atoms with van der Waals surface area (Å²) in [4.78, 5) is 13.5. The minimum atomic E-state index is -0.864. The zero-order valence-electron chi connectivity index (χ0n) is 12.0. The lowest BCUT2D eigenvalue weighted by Crippen LogP contribution is -2.40. The molecule has 1 aromatic heterocycles. The number of nitrogens with one attached hydrogen (secondary N) is 1.